The molecule has 4 unspecified atom stereocenters. The van der Waals surface area contributed by atoms with Gasteiger partial charge in [-0.1, -0.05) is 0 Å². The Morgan fingerprint density at radius 1 is 1.26 bits per heavy atom. The van der Waals surface area contributed by atoms with Gasteiger partial charge in [-0.25, -0.2) is 4.39 Å². The van der Waals surface area contributed by atoms with E-state index in [1.165, 1.54) is 6.07 Å². The molecule has 3 aliphatic heterocycles. The fourth-order valence-corrected chi connectivity index (χ4v) is 6.37. The van der Waals surface area contributed by atoms with E-state index in [-0.39, 0.29) is 16.5 Å². The molecule has 144 valence electrons. The van der Waals surface area contributed by atoms with Gasteiger partial charge in [0.15, 0.2) is 5.78 Å². The first-order valence-electron chi connectivity index (χ1n) is 9.33. The number of rotatable bonds is 2. The SMILES string of the molecule is CC1SC2N1c1cc(N3CCN(C)CC3)c(F)cc1C(=O)C1CC12C(=O)O. The third kappa shape index (κ3) is 2.23. The largest absolute Gasteiger partial charge is 0.481 e. The topological polar surface area (TPSA) is 64.1 Å². The molecule has 1 aliphatic carbocycles. The van der Waals surface area contributed by atoms with E-state index in [4.69, 9.17) is 0 Å². The van der Waals surface area contributed by atoms with E-state index in [1.54, 1.807) is 17.8 Å². The number of hydrogen-bond donors (Lipinski definition) is 1. The first-order chi connectivity index (χ1) is 12.8. The maximum atomic E-state index is 15.0. The Bertz CT molecular complexity index is 857. The van der Waals surface area contributed by atoms with Crippen LogP contribution in [0.2, 0.25) is 0 Å². The van der Waals surface area contributed by atoms with E-state index in [0.29, 0.717) is 23.4 Å². The lowest BCUT2D eigenvalue weighted by Crippen LogP contribution is -2.56. The van der Waals surface area contributed by atoms with Crippen molar-refractivity contribution in [3.8, 4) is 0 Å². The molecule has 3 fully saturated rings. The lowest BCUT2D eigenvalue weighted by atomic mass is 9.99. The Hall–Kier alpha value is -1.80. The van der Waals surface area contributed by atoms with Crippen molar-refractivity contribution in [1.29, 1.82) is 0 Å². The van der Waals surface area contributed by atoms with Crippen LogP contribution < -0.4 is 9.80 Å². The summed E-state index contributed by atoms with van der Waals surface area (Å²) in [4.78, 5) is 31.3. The van der Waals surface area contributed by atoms with Gasteiger partial charge in [-0.05, 0) is 32.5 Å². The summed E-state index contributed by atoms with van der Waals surface area (Å²) in [7, 11) is 2.05. The Labute approximate surface area is 161 Å². The predicted octanol–water partition coefficient (Wildman–Crippen LogP) is 2.09. The highest BCUT2D eigenvalue weighted by atomic mass is 32.2. The summed E-state index contributed by atoms with van der Waals surface area (Å²) < 4.78 is 15.0. The van der Waals surface area contributed by atoms with E-state index in [0.717, 1.165) is 26.2 Å². The highest BCUT2D eigenvalue weighted by Gasteiger charge is 2.73. The minimum absolute atomic E-state index is 0.0722. The Kier molecular flexibility index (Phi) is 3.59. The number of carboxylic acid groups (broad SMARTS) is 1. The summed E-state index contributed by atoms with van der Waals surface area (Å²) in [5.41, 5.74) is 0.516. The molecule has 0 radical (unpaired) electrons. The van der Waals surface area contributed by atoms with E-state index < -0.39 is 23.1 Å². The quantitative estimate of drug-likeness (QED) is 0.828. The number of hydrogen-bond acceptors (Lipinski definition) is 6. The molecule has 0 aromatic heterocycles. The van der Waals surface area contributed by atoms with Gasteiger partial charge in [0.25, 0.3) is 0 Å². The van der Waals surface area contributed by atoms with Crippen LogP contribution in [-0.4, -0.2) is 65.7 Å². The van der Waals surface area contributed by atoms with Crippen molar-refractivity contribution < 1.29 is 19.1 Å². The highest BCUT2D eigenvalue weighted by Crippen LogP contribution is 2.67. The molecule has 5 rings (SSSR count). The predicted molar refractivity (Wildman–Crippen MR) is 102 cm³/mol. The first-order valence-corrected chi connectivity index (χ1v) is 10.3. The van der Waals surface area contributed by atoms with E-state index in [9.17, 15) is 19.1 Å². The number of ketones is 1. The van der Waals surface area contributed by atoms with Crippen molar-refractivity contribution in [3.05, 3.63) is 23.5 Å². The lowest BCUT2D eigenvalue weighted by molar-refractivity contribution is -0.143. The fraction of sp³-hybridized carbons (Fsp3) is 0.579. The fourth-order valence-electron chi connectivity index (χ4n) is 4.80. The Balaban J connectivity index is 1.60. The smallest absolute Gasteiger partial charge is 0.313 e. The van der Waals surface area contributed by atoms with Crippen LogP contribution in [0, 0.1) is 17.2 Å². The zero-order valence-electron chi connectivity index (χ0n) is 15.3. The number of carbonyl (C=O) groups excluding carboxylic acids is 1. The van der Waals surface area contributed by atoms with Crippen molar-refractivity contribution in [2.75, 3.05) is 43.0 Å². The normalized spacial score (nSPS) is 34.9. The summed E-state index contributed by atoms with van der Waals surface area (Å²) in [6.07, 6.45) is 0.351. The number of Topliss-reactive ketones (excluding diaryl/α,β-unsaturated/α-hetero) is 1. The van der Waals surface area contributed by atoms with Gasteiger partial charge in [0.2, 0.25) is 0 Å². The van der Waals surface area contributed by atoms with Gasteiger partial charge in [0, 0.05) is 37.7 Å². The van der Waals surface area contributed by atoms with Crippen LogP contribution >= 0.6 is 11.8 Å². The third-order valence-corrected chi connectivity index (χ3v) is 8.11. The molecule has 3 heterocycles. The van der Waals surface area contributed by atoms with E-state index in [2.05, 4.69) is 4.90 Å². The van der Waals surface area contributed by atoms with Crippen molar-refractivity contribution >= 4 is 34.9 Å². The minimum Gasteiger partial charge on any atom is -0.481 e. The monoisotopic (exact) mass is 391 g/mol. The highest BCUT2D eigenvalue weighted by molar-refractivity contribution is 8.02. The summed E-state index contributed by atoms with van der Waals surface area (Å²) in [6, 6.07) is 3.12. The van der Waals surface area contributed by atoms with Crippen molar-refractivity contribution in [3.63, 3.8) is 0 Å². The number of halogens is 1. The van der Waals surface area contributed by atoms with Gasteiger partial charge in [-0.2, -0.15) is 0 Å². The molecular formula is C19H22FN3O3S. The van der Waals surface area contributed by atoms with E-state index in [1.807, 2.05) is 23.8 Å². The summed E-state index contributed by atoms with van der Waals surface area (Å²) in [5.74, 6) is -2.08. The summed E-state index contributed by atoms with van der Waals surface area (Å²) >= 11 is 1.59. The lowest BCUT2D eigenvalue weighted by Gasteiger charge is -2.50. The average Bonchev–Trinajstić information content (AvgIpc) is 3.37. The third-order valence-electron chi connectivity index (χ3n) is 6.58. The molecule has 1 saturated carbocycles. The second kappa shape index (κ2) is 5.61. The number of fused-ring (bicyclic) bond motifs is 5. The number of nitrogens with zero attached hydrogens (tertiary/aromatic N) is 3. The van der Waals surface area contributed by atoms with Gasteiger partial charge >= 0.3 is 5.97 Å². The molecule has 8 heteroatoms. The summed E-state index contributed by atoms with van der Waals surface area (Å²) in [6.45, 7) is 5.19. The second-order valence-electron chi connectivity index (χ2n) is 8.07. The number of anilines is 2. The van der Waals surface area contributed by atoms with Crippen LogP contribution in [-0.2, 0) is 4.79 Å². The molecule has 4 atom stereocenters. The maximum absolute atomic E-state index is 15.0. The minimum atomic E-state index is -1.03. The van der Waals surface area contributed by atoms with Crippen LogP contribution in [0.4, 0.5) is 15.8 Å². The van der Waals surface area contributed by atoms with Gasteiger partial charge in [0.1, 0.15) is 11.2 Å². The molecule has 0 bridgehead atoms. The average molecular weight is 391 g/mol. The van der Waals surface area contributed by atoms with Gasteiger partial charge in [-0.3, -0.25) is 9.59 Å². The molecule has 2 saturated heterocycles. The maximum Gasteiger partial charge on any atom is 0.313 e. The molecule has 27 heavy (non-hydrogen) atoms. The van der Waals surface area contributed by atoms with Crippen molar-refractivity contribution in [1.82, 2.24) is 4.90 Å². The molecule has 0 amide bonds. The molecule has 1 aromatic rings. The zero-order valence-corrected chi connectivity index (χ0v) is 16.1. The number of piperazine rings is 1. The van der Waals surface area contributed by atoms with Gasteiger partial charge in [0.05, 0.1) is 22.1 Å². The Morgan fingerprint density at radius 3 is 2.59 bits per heavy atom. The van der Waals surface area contributed by atoms with Crippen LogP contribution in [0.1, 0.15) is 23.7 Å². The number of aliphatic carboxylic acids is 1. The van der Waals surface area contributed by atoms with Crippen LogP contribution in [0.15, 0.2) is 12.1 Å². The van der Waals surface area contributed by atoms with Crippen molar-refractivity contribution in [2.45, 2.75) is 24.1 Å². The molecule has 6 nitrogen and oxygen atoms in total. The number of likely N-dealkylation sites (N-methyl/N-ethyl adjacent to an activating group) is 1. The number of carboxylic acids is 1. The van der Waals surface area contributed by atoms with Crippen LogP contribution in [0.5, 0.6) is 0 Å². The van der Waals surface area contributed by atoms with Gasteiger partial charge < -0.3 is 19.8 Å². The zero-order chi connectivity index (χ0) is 19.1. The second-order valence-corrected chi connectivity index (χ2v) is 9.47. The number of thioether (sulfide) groups is 1. The number of carbonyl (C=O) groups is 2. The molecule has 0 spiro atoms. The van der Waals surface area contributed by atoms with Gasteiger partial charge in [-0.15, -0.1) is 11.8 Å². The number of benzene rings is 1. The molecule has 4 aliphatic rings. The molecular weight excluding hydrogens is 369 g/mol. The molecule has 1 aromatic carbocycles. The summed E-state index contributed by atoms with van der Waals surface area (Å²) in [5, 5.41) is 9.64. The standard InChI is InChI=1S/C19H22FN3O3S/c1-10-23-14-8-15(22-5-3-21(2)4-6-22)13(20)7-11(14)16(24)12-9-19(12,18(25)26)17(23)27-10/h7-8,10,12,17H,3-6,9H2,1-2H3,(H,25,26). The van der Waals surface area contributed by atoms with Crippen LogP contribution in [0.3, 0.4) is 0 Å². The first kappa shape index (κ1) is 17.3. The molecule has 1 N–H and O–H groups in total. The van der Waals surface area contributed by atoms with Crippen molar-refractivity contribution in [2.24, 2.45) is 11.3 Å². The Morgan fingerprint density at radius 2 is 1.96 bits per heavy atom. The van der Waals surface area contributed by atoms with Crippen LogP contribution in [0.25, 0.3) is 0 Å². The van der Waals surface area contributed by atoms with E-state index >= 15 is 0 Å².